The third-order valence-electron chi connectivity index (χ3n) is 2.92. The van der Waals surface area contributed by atoms with Gasteiger partial charge < -0.3 is 5.32 Å². The van der Waals surface area contributed by atoms with Crippen LogP contribution in [0.25, 0.3) is 0 Å². The summed E-state index contributed by atoms with van der Waals surface area (Å²) in [5.41, 5.74) is 0.670. The lowest BCUT2D eigenvalue weighted by Gasteiger charge is -2.31. The van der Waals surface area contributed by atoms with Gasteiger partial charge in [0.25, 0.3) is 0 Å². The van der Waals surface area contributed by atoms with Gasteiger partial charge in [-0.1, -0.05) is 13.5 Å². The molecule has 0 aromatic carbocycles. The summed E-state index contributed by atoms with van der Waals surface area (Å²) in [5.74, 6) is 0.178. The maximum atomic E-state index is 11.5. The third-order valence-corrected chi connectivity index (χ3v) is 2.92. The van der Waals surface area contributed by atoms with Crippen LogP contribution >= 0.6 is 0 Å². The van der Waals surface area contributed by atoms with Crippen molar-refractivity contribution in [2.75, 3.05) is 26.2 Å². The molecule has 0 spiro atoms. The smallest absolute Gasteiger partial charge is 0.171 e. The van der Waals surface area contributed by atoms with Crippen molar-refractivity contribution in [3.05, 3.63) is 12.2 Å². The number of piperidine rings is 1. The number of ketones is 1. The highest BCUT2D eigenvalue weighted by molar-refractivity contribution is 5.95. The van der Waals surface area contributed by atoms with Gasteiger partial charge in [-0.05, 0) is 31.9 Å². The molecule has 0 aromatic rings. The molecule has 0 unspecified atom stereocenters. The summed E-state index contributed by atoms with van der Waals surface area (Å²) >= 11 is 0. The Hall–Kier alpha value is -0.670. The van der Waals surface area contributed by atoms with Crippen LogP contribution in [0.4, 0.5) is 0 Å². The number of nitrogens with one attached hydrogen (secondary N) is 1. The Balaban J connectivity index is 2.25. The Morgan fingerprint density at radius 1 is 1.47 bits per heavy atom. The predicted molar refractivity (Wildman–Crippen MR) is 63.0 cm³/mol. The molecule has 1 saturated heterocycles. The summed E-state index contributed by atoms with van der Waals surface area (Å²) in [6.07, 6.45) is 2.30. The van der Waals surface area contributed by atoms with Crippen molar-refractivity contribution >= 4 is 5.78 Å². The van der Waals surface area contributed by atoms with E-state index < -0.39 is 0 Å². The highest BCUT2D eigenvalue weighted by Gasteiger charge is 2.19. The molecule has 1 N–H and O–H groups in total. The minimum absolute atomic E-state index is 0.178. The number of carbonyl (C=O) groups excluding carboxylic acids is 1. The summed E-state index contributed by atoms with van der Waals surface area (Å²) in [6.45, 7) is 11.2. The Labute approximate surface area is 92.5 Å². The van der Waals surface area contributed by atoms with Crippen LogP contribution in [0.3, 0.4) is 0 Å². The van der Waals surface area contributed by atoms with Gasteiger partial charge in [-0.15, -0.1) is 0 Å². The molecular formula is C12H22N2O. The highest BCUT2D eigenvalue weighted by atomic mass is 16.1. The van der Waals surface area contributed by atoms with Crippen LogP contribution in [0, 0.1) is 0 Å². The number of likely N-dealkylation sites (tertiary alicyclic amines) is 1. The molecule has 1 aliphatic rings. The van der Waals surface area contributed by atoms with E-state index in [1.54, 1.807) is 6.92 Å². The number of carbonyl (C=O) groups is 1. The lowest BCUT2D eigenvalue weighted by atomic mass is 10.0. The Kier molecular flexibility index (Phi) is 4.99. The quantitative estimate of drug-likeness (QED) is 0.692. The lowest BCUT2D eigenvalue weighted by molar-refractivity contribution is -0.116. The molecule has 1 fully saturated rings. The zero-order valence-electron chi connectivity index (χ0n) is 9.88. The number of hydrogen-bond acceptors (Lipinski definition) is 3. The average molecular weight is 210 g/mol. The van der Waals surface area contributed by atoms with Gasteiger partial charge in [0, 0.05) is 19.1 Å². The topological polar surface area (TPSA) is 32.3 Å². The largest absolute Gasteiger partial charge is 0.314 e. The number of rotatable bonds is 5. The van der Waals surface area contributed by atoms with Gasteiger partial charge in [0.2, 0.25) is 0 Å². The fraction of sp³-hybridized carbons (Fsp3) is 0.750. The predicted octanol–water partition coefficient (Wildman–Crippen LogP) is 1.21. The van der Waals surface area contributed by atoms with Crippen molar-refractivity contribution in [1.82, 2.24) is 10.2 Å². The SMILES string of the molecule is C=C(C)C(=O)CN1CCC(NCC)CC1. The van der Waals surface area contributed by atoms with Gasteiger partial charge in [-0.2, -0.15) is 0 Å². The standard InChI is InChI=1S/C12H22N2O/c1-4-13-11-5-7-14(8-6-11)9-12(15)10(2)3/h11,13H,2,4-9H2,1,3H3. The van der Waals surface area contributed by atoms with Gasteiger partial charge in [-0.25, -0.2) is 0 Å². The maximum absolute atomic E-state index is 11.5. The highest BCUT2D eigenvalue weighted by Crippen LogP contribution is 2.10. The van der Waals surface area contributed by atoms with E-state index in [0.717, 1.165) is 32.5 Å². The van der Waals surface area contributed by atoms with Crippen molar-refractivity contribution in [3.63, 3.8) is 0 Å². The van der Waals surface area contributed by atoms with Crippen LogP contribution in [0.1, 0.15) is 26.7 Å². The van der Waals surface area contributed by atoms with Gasteiger partial charge in [0.05, 0.1) is 6.54 Å². The zero-order valence-corrected chi connectivity index (χ0v) is 9.88. The van der Waals surface area contributed by atoms with E-state index in [1.807, 2.05) is 0 Å². The third kappa shape index (κ3) is 4.14. The molecule has 0 aromatic heterocycles. The zero-order chi connectivity index (χ0) is 11.3. The summed E-state index contributed by atoms with van der Waals surface area (Å²) < 4.78 is 0. The van der Waals surface area contributed by atoms with Gasteiger partial charge in [0.15, 0.2) is 5.78 Å². The van der Waals surface area contributed by atoms with E-state index in [2.05, 4.69) is 23.7 Å². The molecular weight excluding hydrogens is 188 g/mol. The summed E-state index contributed by atoms with van der Waals surface area (Å²) in [6, 6.07) is 0.645. The molecule has 0 radical (unpaired) electrons. The first-order chi connectivity index (χ1) is 7.13. The molecule has 0 aliphatic carbocycles. The molecule has 86 valence electrons. The van der Waals surface area contributed by atoms with Gasteiger partial charge in [-0.3, -0.25) is 9.69 Å². The molecule has 0 atom stereocenters. The summed E-state index contributed by atoms with van der Waals surface area (Å²) in [7, 11) is 0. The van der Waals surface area contributed by atoms with Crippen LogP contribution < -0.4 is 5.32 Å². The molecule has 0 saturated carbocycles. The molecule has 1 heterocycles. The normalized spacial score (nSPS) is 19.1. The minimum atomic E-state index is 0.178. The molecule has 15 heavy (non-hydrogen) atoms. The monoisotopic (exact) mass is 210 g/mol. The second kappa shape index (κ2) is 6.03. The van der Waals surface area contributed by atoms with Crippen LogP contribution in [-0.2, 0) is 4.79 Å². The molecule has 3 heteroatoms. The first-order valence-corrected chi connectivity index (χ1v) is 5.78. The first-order valence-electron chi connectivity index (χ1n) is 5.78. The van der Waals surface area contributed by atoms with Crippen molar-refractivity contribution in [1.29, 1.82) is 0 Å². The van der Waals surface area contributed by atoms with E-state index in [1.165, 1.54) is 0 Å². The molecule has 0 bridgehead atoms. The van der Waals surface area contributed by atoms with E-state index in [4.69, 9.17) is 0 Å². The molecule has 3 nitrogen and oxygen atoms in total. The van der Waals surface area contributed by atoms with Crippen molar-refractivity contribution in [2.45, 2.75) is 32.7 Å². The lowest BCUT2D eigenvalue weighted by Crippen LogP contribution is -2.44. The summed E-state index contributed by atoms with van der Waals surface area (Å²) in [5, 5.41) is 3.45. The maximum Gasteiger partial charge on any atom is 0.171 e. The molecule has 1 rings (SSSR count). The second-order valence-electron chi connectivity index (χ2n) is 4.31. The van der Waals surface area contributed by atoms with Crippen molar-refractivity contribution < 1.29 is 4.79 Å². The van der Waals surface area contributed by atoms with E-state index in [9.17, 15) is 4.79 Å². The minimum Gasteiger partial charge on any atom is -0.314 e. The fourth-order valence-corrected chi connectivity index (χ4v) is 1.92. The average Bonchev–Trinajstić information content (AvgIpc) is 2.21. The fourth-order valence-electron chi connectivity index (χ4n) is 1.92. The Bertz CT molecular complexity index is 230. The van der Waals surface area contributed by atoms with Crippen molar-refractivity contribution in [3.8, 4) is 0 Å². The van der Waals surface area contributed by atoms with Gasteiger partial charge in [0.1, 0.15) is 0 Å². The number of hydrogen-bond donors (Lipinski definition) is 1. The Morgan fingerprint density at radius 2 is 2.07 bits per heavy atom. The van der Waals surface area contributed by atoms with Crippen LogP contribution in [0.2, 0.25) is 0 Å². The van der Waals surface area contributed by atoms with Crippen molar-refractivity contribution in [2.24, 2.45) is 0 Å². The van der Waals surface area contributed by atoms with Gasteiger partial charge >= 0.3 is 0 Å². The first kappa shape index (κ1) is 12.4. The molecule has 0 amide bonds. The molecule has 1 aliphatic heterocycles. The summed E-state index contributed by atoms with van der Waals surface area (Å²) in [4.78, 5) is 13.7. The van der Waals surface area contributed by atoms with Crippen LogP contribution in [0.5, 0.6) is 0 Å². The number of Topliss-reactive ketones (excluding diaryl/α,β-unsaturated/α-hetero) is 1. The second-order valence-corrected chi connectivity index (χ2v) is 4.31. The van der Waals surface area contributed by atoms with E-state index in [-0.39, 0.29) is 5.78 Å². The van der Waals surface area contributed by atoms with E-state index >= 15 is 0 Å². The Morgan fingerprint density at radius 3 is 2.53 bits per heavy atom. The van der Waals surface area contributed by atoms with E-state index in [0.29, 0.717) is 18.2 Å². The van der Waals surface area contributed by atoms with Crippen LogP contribution in [0.15, 0.2) is 12.2 Å². The number of nitrogens with zero attached hydrogens (tertiary/aromatic N) is 1. The van der Waals surface area contributed by atoms with Crippen LogP contribution in [-0.4, -0.2) is 42.9 Å².